The van der Waals surface area contributed by atoms with E-state index in [1.54, 1.807) is 36.4 Å². The highest BCUT2D eigenvalue weighted by molar-refractivity contribution is 9.10. The van der Waals surface area contributed by atoms with E-state index >= 15 is 0 Å². The lowest BCUT2D eigenvalue weighted by molar-refractivity contribution is 0.0929. The normalized spacial score (nSPS) is 10.8. The minimum Gasteiger partial charge on any atom is -0.493 e. The number of methoxy groups -OCH3 is 1. The summed E-state index contributed by atoms with van der Waals surface area (Å²) in [5.41, 5.74) is 5.09. The number of rotatable bonds is 7. The number of hydrazone groups is 1. The van der Waals surface area contributed by atoms with Crippen LogP contribution in [-0.4, -0.2) is 19.2 Å². The summed E-state index contributed by atoms with van der Waals surface area (Å²) >= 11 is 3.49. The molecule has 0 radical (unpaired) electrons. The monoisotopic (exact) mass is 503 g/mol. The van der Waals surface area contributed by atoms with E-state index in [4.69, 9.17) is 13.9 Å². The van der Waals surface area contributed by atoms with E-state index in [2.05, 4.69) is 32.5 Å². The summed E-state index contributed by atoms with van der Waals surface area (Å²) in [6.45, 7) is 0.208. The highest BCUT2D eigenvalue weighted by Crippen LogP contribution is 2.37. The van der Waals surface area contributed by atoms with Gasteiger partial charge in [0, 0.05) is 10.9 Å². The summed E-state index contributed by atoms with van der Waals surface area (Å²) in [6.07, 6.45) is 1.49. The van der Waals surface area contributed by atoms with Gasteiger partial charge in [-0.3, -0.25) is 4.79 Å². The Labute approximate surface area is 198 Å². The number of hydrogen-bond donors (Lipinski definition) is 1. The fraction of sp³-hybridized carbons (Fsp3) is 0.0800. The van der Waals surface area contributed by atoms with Crippen molar-refractivity contribution in [3.63, 3.8) is 0 Å². The zero-order valence-corrected chi connectivity index (χ0v) is 19.1. The van der Waals surface area contributed by atoms with Crippen LogP contribution in [0.4, 0.5) is 0 Å². The highest BCUT2D eigenvalue weighted by atomic mass is 79.9. The molecule has 1 N–H and O–H groups in total. The van der Waals surface area contributed by atoms with Crippen LogP contribution >= 0.6 is 15.9 Å². The minimum absolute atomic E-state index is 0.175. The second-order valence-corrected chi connectivity index (χ2v) is 7.79. The molecule has 0 saturated carbocycles. The number of halogens is 1. The van der Waals surface area contributed by atoms with Crippen molar-refractivity contribution in [3.8, 4) is 17.6 Å². The maximum Gasteiger partial charge on any atom is 0.307 e. The number of amides is 1. The molecule has 0 aliphatic carbocycles. The van der Waals surface area contributed by atoms with Crippen molar-refractivity contribution in [1.82, 2.24) is 5.43 Å². The lowest BCUT2D eigenvalue weighted by Gasteiger charge is -2.14. The minimum atomic E-state index is -0.454. The fourth-order valence-corrected chi connectivity index (χ4v) is 3.75. The number of ether oxygens (including phenoxy) is 2. The van der Waals surface area contributed by atoms with Crippen LogP contribution < -0.4 is 14.9 Å². The molecule has 33 heavy (non-hydrogen) atoms. The lowest BCUT2D eigenvalue weighted by Crippen LogP contribution is -2.16. The molecule has 3 aromatic carbocycles. The van der Waals surface area contributed by atoms with Crippen molar-refractivity contribution in [2.75, 3.05) is 7.11 Å². The predicted octanol–water partition coefficient (Wildman–Crippen LogP) is 5.42. The Hall–Kier alpha value is -4.09. The maximum atomic E-state index is 12.3. The standard InChI is InChI=1S/C25H18BrN3O4/c1-31-22-11-16(10-20(26)24(22)32-15-19-8-3-2-7-18(19)13-27)14-28-29-25(30)23-12-17-6-4-5-9-21(17)33-23/h2-12,14H,15H2,1H3,(H,29,30)/b28-14+. The number of carbonyl (C=O) groups excluding carboxylic acids is 1. The first-order valence-corrected chi connectivity index (χ1v) is 10.7. The predicted molar refractivity (Wildman–Crippen MR) is 127 cm³/mol. The number of furan rings is 1. The van der Waals surface area contributed by atoms with Gasteiger partial charge in [0.05, 0.1) is 29.4 Å². The van der Waals surface area contributed by atoms with Crippen LogP contribution in [0, 0.1) is 11.3 Å². The molecule has 0 atom stereocenters. The zero-order valence-electron chi connectivity index (χ0n) is 17.5. The molecule has 0 bridgehead atoms. The Morgan fingerprint density at radius 3 is 2.76 bits per heavy atom. The van der Waals surface area contributed by atoms with Crippen molar-refractivity contribution in [2.45, 2.75) is 6.61 Å². The Kier molecular flexibility index (Phi) is 6.72. The van der Waals surface area contributed by atoms with Crippen molar-refractivity contribution < 1.29 is 18.7 Å². The average molecular weight is 504 g/mol. The number of nitrogens with one attached hydrogen (secondary N) is 1. The van der Waals surface area contributed by atoms with Gasteiger partial charge < -0.3 is 13.9 Å². The SMILES string of the molecule is COc1cc(/C=N/NC(=O)c2cc3ccccc3o2)cc(Br)c1OCc1ccccc1C#N. The van der Waals surface area contributed by atoms with Gasteiger partial charge in [-0.1, -0.05) is 36.4 Å². The van der Waals surface area contributed by atoms with Gasteiger partial charge in [-0.25, -0.2) is 5.43 Å². The molecule has 164 valence electrons. The van der Waals surface area contributed by atoms with Crippen LogP contribution in [0.1, 0.15) is 27.2 Å². The molecule has 0 saturated heterocycles. The van der Waals surface area contributed by atoms with E-state index in [0.717, 1.165) is 10.9 Å². The van der Waals surface area contributed by atoms with Gasteiger partial charge in [0.2, 0.25) is 0 Å². The largest absolute Gasteiger partial charge is 0.493 e. The molecular formula is C25H18BrN3O4. The molecule has 1 amide bonds. The van der Waals surface area contributed by atoms with Crippen molar-refractivity contribution >= 4 is 39.0 Å². The molecule has 0 unspecified atom stereocenters. The Morgan fingerprint density at radius 1 is 1.18 bits per heavy atom. The first-order valence-electron chi connectivity index (χ1n) is 9.89. The number of fused-ring (bicyclic) bond motifs is 1. The van der Waals surface area contributed by atoms with Crippen LogP contribution in [0.5, 0.6) is 11.5 Å². The van der Waals surface area contributed by atoms with E-state index in [-0.39, 0.29) is 12.4 Å². The van der Waals surface area contributed by atoms with Gasteiger partial charge >= 0.3 is 5.91 Å². The summed E-state index contributed by atoms with van der Waals surface area (Å²) < 4.78 is 17.6. The van der Waals surface area contributed by atoms with Crippen LogP contribution in [-0.2, 0) is 6.61 Å². The summed E-state index contributed by atoms with van der Waals surface area (Å²) in [4.78, 5) is 12.3. The zero-order chi connectivity index (χ0) is 23.2. The van der Waals surface area contributed by atoms with E-state index in [0.29, 0.717) is 32.7 Å². The smallest absolute Gasteiger partial charge is 0.307 e. The van der Waals surface area contributed by atoms with E-state index in [1.165, 1.54) is 13.3 Å². The van der Waals surface area contributed by atoms with Crippen LogP contribution in [0.15, 0.2) is 80.7 Å². The second-order valence-electron chi connectivity index (χ2n) is 6.94. The fourth-order valence-electron chi connectivity index (χ4n) is 3.17. The molecule has 0 aliphatic heterocycles. The van der Waals surface area contributed by atoms with Crippen molar-refractivity contribution in [3.05, 3.63) is 93.7 Å². The van der Waals surface area contributed by atoms with Gasteiger partial charge in [-0.2, -0.15) is 10.4 Å². The summed E-state index contributed by atoms with van der Waals surface area (Å²) in [6, 6.07) is 21.9. The highest BCUT2D eigenvalue weighted by Gasteiger charge is 2.14. The molecule has 4 aromatic rings. The van der Waals surface area contributed by atoms with Crippen molar-refractivity contribution in [1.29, 1.82) is 5.26 Å². The molecule has 0 fully saturated rings. The third-order valence-corrected chi connectivity index (χ3v) is 5.38. The number of nitrogens with zero attached hydrogens (tertiary/aromatic N) is 2. The summed E-state index contributed by atoms with van der Waals surface area (Å²) in [5.74, 6) is 0.690. The molecule has 8 heteroatoms. The van der Waals surface area contributed by atoms with E-state index in [9.17, 15) is 10.1 Å². The summed E-state index contributed by atoms with van der Waals surface area (Å²) in [7, 11) is 1.53. The van der Waals surface area contributed by atoms with Crippen LogP contribution in [0.3, 0.4) is 0 Å². The molecular weight excluding hydrogens is 486 g/mol. The maximum absolute atomic E-state index is 12.3. The number of carbonyl (C=O) groups is 1. The van der Waals surface area contributed by atoms with Gasteiger partial charge in [0.1, 0.15) is 12.2 Å². The third kappa shape index (κ3) is 5.05. The van der Waals surface area contributed by atoms with Gasteiger partial charge in [0.15, 0.2) is 17.3 Å². The first-order chi connectivity index (χ1) is 16.1. The second kappa shape index (κ2) is 10.0. The number of nitriles is 1. The van der Waals surface area contributed by atoms with Crippen LogP contribution in [0.25, 0.3) is 11.0 Å². The third-order valence-electron chi connectivity index (χ3n) is 4.79. The molecule has 7 nitrogen and oxygen atoms in total. The van der Waals surface area contributed by atoms with Gasteiger partial charge in [-0.15, -0.1) is 0 Å². The molecule has 0 aliphatic rings. The molecule has 1 heterocycles. The Balaban J connectivity index is 1.46. The molecule has 4 rings (SSSR count). The Bertz CT molecular complexity index is 1360. The number of benzene rings is 3. The number of hydrogen-bond acceptors (Lipinski definition) is 6. The van der Waals surface area contributed by atoms with Gasteiger partial charge in [-0.05, 0) is 51.8 Å². The topological polar surface area (TPSA) is 96.8 Å². The van der Waals surface area contributed by atoms with Crippen LogP contribution in [0.2, 0.25) is 0 Å². The van der Waals surface area contributed by atoms with E-state index < -0.39 is 5.91 Å². The molecule has 1 aromatic heterocycles. The summed E-state index contributed by atoms with van der Waals surface area (Å²) in [5, 5.41) is 14.1. The molecule has 0 spiro atoms. The average Bonchev–Trinajstić information content (AvgIpc) is 3.28. The number of para-hydroxylation sites is 1. The van der Waals surface area contributed by atoms with E-state index in [1.807, 2.05) is 30.3 Å². The van der Waals surface area contributed by atoms with Gasteiger partial charge in [0.25, 0.3) is 0 Å². The quantitative estimate of drug-likeness (QED) is 0.268. The van der Waals surface area contributed by atoms with Crippen molar-refractivity contribution in [2.24, 2.45) is 5.10 Å². The first kappa shape index (κ1) is 22.1. The lowest BCUT2D eigenvalue weighted by atomic mass is 10.1. The Morgan fingerprint density at radius 2 is 1.97 bits per heavy atom.